The van der Waals surface area contributed by atoms with E-state index >= 15 is 0 Å². The summed E-state index contributed by atoms with van der Waals surface area (Å²) in [6.07, 6.45) is 0. The van der Waals surface area contributed by atoms with Crippen LogP contribution in [0.15, 0.2) is 97.1 Å². The molecule has 0 aromatic heterocycles. The molecule has 0 saturated carbocycles. The average molecular weight is 633 g/mol. The van der Waals surface area contributed by atoms with Crippen LogP contribution in [0.3, 0.4) is 0 Å². The Morgan fingerprint density at radius 1 is 0.477 bits per heavy atom. The third-order valence-electron chi connectivity index (χ3n) is 6.97. The Bertz CT molecular complexity index is 1830. The number of fused-ring (bicyclic) bond motifs is 3. The molecule has 0 spiro atoms. The van der Waals surface area contributed by atoms with E-state index in [1.165, 1.54) is 0 Å². The van der Waals surface area contributed by atoms with E-state index in [2.05, 4.69) is 34.4 Å². The van der Waals surface area contributed by atoms with Crippen molar-refractivity contribution in [3.05, 3.63) is 97.1 Å². The molecule has 44 heavy (non-hydrogen) atoms. The number of benzene rings is 5. The van der Waals surface area contributed by atoms with Crippen molar-refractivity contribution in [3.63, 3.8) is 0 Å². The van der Waals surface area contributed by atoms with Crippen molar-refractivity contribution in [2.24, 2.45) is 0 Å². The van der Waals surface area contributed by atoms with E-state index in [0.29, 0.717) is 11.4 Å². The van der Waals surface area contributed by atoms with Gasteiger partial charge in [0.25, 0.3) is 0 Å². The molecule has 230 valence electrons. The van der Waals surface area contributed by atoms with Crippen molar-refractivity contribution in [1.29, 1.82) is 0 Å². The molecule has 5 rings (SSSR count). The zero-order valence-electron chi connectivity index (χ0n) is 25.4. The molecular weight excluding hydrogens is 594 g/mol. The monoisotopic (exact) mass is 632 g/mol. The molecule has 5 aromatic rings. The van der Waals surface area contributed by atoms with E-state index < -0.39 is 15.5 Å². The Kier molecular flexibility index (Phi) is 10.2. The van der Waals surface area contributed by atoms with Crippen LogP contribution >= 0.6 is 15.5 Å². The SMILES string of the molecule is CCOP(=O)(Nc1cccc(-c2c(-c3ccccc3)c3ccccc3c3ccc(NP(=O)(OCC)OCC)cc23)c1)OCC. The molecule has 10 heteroatoms. The second-order valence-corrected chi connectivity index (χ2v) is 13.4. The van der Waals surface area contributed by atoms with Gasteiger partial charge in [0.05, 0.1) is 26.4 Å². The lowest BCUT2D eigenvalue weighted by Crippen LogP contribution is -2.05. The number of hydrogen-bond donors (Lipinski definition) is 2. The van der Waals surface area contributed by atoms with E-state index in [4.69, 9.17) is 18.1 Å². The van der Waals surface area contributed by atoms with Crippen LogP contribution in [0.1, 0.15) is 27.7 Å². The van der Waals surface area contributed by atoms with Crippen LogP contribution in [0, 0.1) is 0 Å². The molecule has 5 aromatic carbocycles. The predicted molar refractivity (Wildman–Crippen MR) is 181 cm³/mol. The number of nitrogens with one attached hydrogen (secondary N) is 2. The number of anilines is 2. The number of hydrogen-bond acceptors (Lipinski definition) is 6. The second kappa shape index (κ2) is 14.1. The lowest BCUT2D eigenvalue weighted by Gasteiger charge is -2.22. The molecule has 0 heterocycles. The standard InChI is InChI=1S/C34H38N2O6P2/c1-5-39-43(37,40-6-2)35-27-18-14-17-26(23-27)34-32-24-28(36-44(38,41-7-3)42-8-4)21-22-30(32)29-19-12-13-20-31(29)33(34)25-15-10-9-11-16-25/h9-24H,5-8H2,1-4H3,(H,35,37)(H,36,38). The Morgan fingerprint density at radius 2 is 0.955 bits per heavy atom. The molecule has 0 atom stereocenters. The molecule has 0 amide bonds. The summed E-state index contributed by atoms with van der Waals surface area (Å²) < 4.78 is 48.9. The predicted octanol–water partition coefficient (Wildman–Crippen LogP) is 10.5. The second-order valence-electron chi connectivity index (χ2n) is 9.89. The normalized spacial score (nSPS) is 12.1. The van der Waals surface area contributed by atoms with Gasteiger partial charge in [0.15, 0.2) is 0 Å². The summed E-state index contributed by atoms with van der Waals surface area (Å²) in [6, 6.07) is 32.2. The highest BCUT2D eigenvalue weighted by Crippen LogP contribution is 2.51. The maximum Gasteiger partial charge on any atom is 0.432 e. The molecule has 2 N–H and O–H groups in total. The Hall–Kier alpha value is -3.48. The van der Waals surface area contributed by atoms with Crippen molar-refractivity contribution in [2.75, 3.05) is 36.6 Å². The summed E-state index contributed by atoms with van der Waals surface area (Å²) in [4.78, 5) is 0. The first-order valence-electron chi connectivity index (χ1n) is 14.8. The van der Waals surface area contributed by atoms with Crippen molar-refractivity contribution < 1.29 is 27.2 Å². The third-order valence-corrected chi connectivity index (χ3v) is 10.4. The largest absolute Gasteiger partial charge is 0.432 e. The Labute approximate surface area is 258 Å². The molecule has 0 radical (unpaired) electrons. The minimum atomic E-state index is -3.59. The maximum atomic E-state index is 13.4. The smallest absolute Gasteiger partial charge is 0.293 e. The van der Waals surface area contributed by atoms with Gasteiger partial charge in [-0.2, -0.15) is 0 Å². The van der Waals surface area contributed by atoms with Crippen LogP contribution in [0.5, 0.6) is 0 Å². The van der Waals surface area contributed by atoms with Crippen LogP contribution in [0.2, 0.25) is 0 Å². The summed E-state index contributed by atoms with van der Waals surface area (Å²) in [6.45, 7) is 8.05. The molecule has 8 nitrogen and oxygen atoms in total. The van der Waals surface area contributed by atoms with Crippen LogP contribution in [0.25, 0.3) is 43.8 Å². The van der Waals surface area contributed by atoms with Crippen molar-refractivity contribution in [3.8, 4) is 22.3 Å². The quantitative estimate of drug-likeness (QED) is 0.0922. The highest BCUT2D eigenvalue weighted by Gasteiger charge is 2.26. The lowest BCUT2D eigenvalue weighted by atomic mass is 9.85. The molecule has 0 unspecified atom stereocenters. The topological polar surface area (TPSA) is 95.1 Å². The summed E-state index contributed by atoms with van der Waals surface area (Å²) in [5.74, 6) is 0. The fourth-order valence-electron chi connectivity index (χ4n) is 5.41. The molecule has 0 fully saturated rings. The Balaban J connectivity index is 1.80. The molecule has 0 aliphatic carbocycles. The molecular formula is C34H38N2O6P2. The fraction of sp³-hybridized carbons (Fsp3) is 0.235. The summed E-state index contributed by atoms with van der Waals surface area (Å²) in [5, 5.41) is 10.2. The van der Waals surface area contributed by atoms with Gasteiger partial charge in [0, 0.05) is 11.4 Å². The van der Waals surface area contributed by atoms with E-state index in [9.17, 15) is 9.13 Å². The van der Waals surface area contributed by atoms with E-state index in [0.717, 1.165) is 43.8 Å². The lowest BCUT2D eigenvalue weighted by molar-refractivity contribution is 0.224. The highest BCUT2D eigenvalue weighted by molar-refractivity contribution is 7.55. The third kappa shape index (κ3) is 6.92. The first-order chi connectivity index (χ1) is 21.3. The zero-order valence-corrected chi connectivity index (χ0v) is 27.2. The average Bonchev–Trinajstić information content (AvgIpc) is 3.01. The van der Waals surface area contributed by atoms with Crippen molar-refractivity contribution >= 4 is 48.4 Å². The number of rotatable bonds is 14. The fourth-order valence-corrected chi connectivity index (χ4v) is 8.09. The van der Waals surface area contributed by atoms with E-state index in [1.807, 2.05) is 72.8 Å². The first-order valence-corrected chi connectivity index (χ1v) is 17.9. The summed E-state index contributed by atoms with van der Waals surface area (Å²) in [7, 11) is -7.16. The molecule has 0 bridgehead atoms. The minimum absolute atomic E-state index is 0.235. The highest BCUT2D eigenvalue weighted by atomic mass is 31.2. The Morgan fingerprint density at radius 3 is 1.55 bits per heavy atom. The van der Waals surface area contributed by atoms with Gasteiger partial charge in [0.2, 0.25) is 0 Å². The molecule has 0 saturated heterocycles. The molecule has 0 aliphatic heterocycles. The van der Waals surface area contributed by atoms with Crippen molar-refractivity contribution in [1.82, 2.24) is 0 Å². The van der Waals surface area contributed by atoms with Gasteiger partial charge in [-0.1, -0.05) is 72.8 Å². The van der Waals surface area contributed by atoms with Gasteiger partial charge in [-0.25, -0.2) is 9.13 Å². The van der Waals surface area contributed by atoms with Crippen LogP contribution in [0.4, 0.5) is 11.4 Å². The van der Waals surface area contributed by atoms with E-state index in [1.54, 1.807) is 27.7 Å². The minimum Gasteiger partial charge on any atom is -0.293 e. The van der Waals surface area contributed by atoms with Gasteiger partial charge in [0.1, 0.15) is 0 Å². The van der Waals surface area contributed by atoms with Crippen molar-refractivity contribution in [2.45, 2.75) is 27.7 Å². The van der Waals surface area contributed by atoms with Crippen LogP contribution in [-0.4, -0.2) is 26.4 Å². The van der Waals surface area contributed by atoms with Crippen LogP contribution < -0.4 is 10.2 Å². The van der Waals surface area contributed by atoms with E-state index in [-0.39, 0.29) is 26.4 Å². The van der Waals surface area contributed by atoms with Crippen LogP contribution in [-0.2, 0) is 27.2 Å². The van der Waals surface area contributed by atoms with Gasteiger partial charge in [-0.15, -0.1) is 0 Å². The van der Waals surface area contributed by atoms with Gasteiger partial charge in [-0.05, 0) is 95.8 Å². The van der Waals surface area contributed by atoms with Gasteiger partial charge >= 0.3 is 15.5 Å². The summed E-state index contributed by atoms with van der Waals surface area (Å²) >= 11 is 0. The van der Waals surface area contributed by atoms with Gasteiger partial charge < -0.3 is 0 Å². The first kappa shape index (κ1) is 31.9. The zero-order chi connectivity index (χ0) is 31.2. The summed E-state index contributed by atoms with van der Waals surface area (Å²) in [5.41, 5.74) is 5.13. The maximum absolute atomic E-state index is 13.4. The molecule has 0 aliphatic rings. The van der Waals surface area contributed by atoms with Gasteiger partial charge in [-0.3, -0.25) is 28.3 Å².